The smallest absolute Gasteiger partial charge is 0.330 e. The summed E-state index contributed by atoms with van der Waals surface area (Å²) >= 11 is 0. The Kier molecular flexibility index (Phi) is 3.07. The molecule has 0 bridgehead atoms. The number of anilines is 1. The Bertz CT molecular complexity index is 382. The normalized spacial score (nSPS) is 17.5. The summed E-state index contributed by atoms with van der Waals surface area (Å²) in [5.41, 5.74) is 5.59. The summed E-state index contributed by atoms with van der Waals surface area (Å²) in [4.78, 5) is 10.1. The Morgan fingerprint density at radius 2 is 2.19 bits per heavy atom. The van der Waals surface area contributed by atoms with Gasteiger partial charge < -0.3 is 5.73 Å². The Morgan fingerprint density at radius 1 is 1.50 bits per heavy atom. The van der Waals surface area contributed by atoms with Gasteiger partial charge in [-0.05, 0) is 18.8 Å². The summed E-state index contributed by atoms with van der Waals surface area (Å²) in [6, 6.07) is 0. The van der Waals surface area contributed by atoms with Gasteiger partial charge in [-0.15, -0.1) is 0 Å². The van der Waals surface area contributed by atoms with Crippen LogP contribution in [-0.4, -0.2) is 14.7 Å². The van der Waals surface area contributed by atoms with Crippen molar-refractivity contribution in [1.29, 1.82) is 0 Å². The van der Waals surface area contributed by atoms with E-state index >= 15 is 0 Å². The van der Waals surface area contributed by atoms with Crippen molar-refractivity contribution in [3.05, 3.63) is 16.3 Å². The van der Waals surface area contributed by atoms with Crippen LogP contribution in [0.15, 0.2) is 6.20 Å². The number of nitrogens with two attached hydrogens (primary N) is 1. The molecule has 0 spiro atoms. The van der Waals surface area contributed by atoms with Crippen LogP contribution in [0.25, 0.3) is 0 Å². The lowest BCUT2D eigenvalue weighted by molar-refractivity contribution is -0.384. The zero-order valence-corrected chi connectivity index (χ0v) is 9.13. The van der Waals surface area contributed by atoms with E-state index in [2.05, 4.69) is 5.10 Å². The number of nitrogen functional groups attached to an aromatic ring is 1. The maximum atomic E-state index is 10.6. The van der Waals surface area contributed by atoms with E-state index in [9.17, 15) is 10.1 Å². The van der Waals surface area contributed by atoms with Crippen molar-refractivity contribution in [3.63, 3.8) is 0 Å². The third-order valence-corrected chi connectivity index (χ3v) is 3.21. The molecule has 0 saturated heterocycles. The highest BCUT2D eigenvalue weighted by Gasteiger charge is 2.20. The largest absolute Gasteiger partial charge is 0.378 e. The molecule has 1 fully saturated rings. The van der Waals surface area contributed by atoms with Gasteiger partial charge in [-0.25, -0.2) is 4.68 Å². The van der Waals surface area contributed by atoms with Crippen molar-refractivity contribution in [2.24, 2.45) is 5.92 Å². The molecule has 88 valence electrons. The lowest BCUT2D eigenvalue weighted by Crippen LogP contribution is -2.16. The highest BCUT2D eigenvalue weighted by molar-refractivity contribution is 5.51. The fourth-order valence-electron chi connectivity index (χ4n) is 2.29. The first kappa shape index (κ1) is 10.9. The minimum Gasteiger partial charge on any atom is -0.378 e. The van der Waals surface area contributed by atoms with E-state index in [1.54, 1.807) is 4.68 Å². The summed E-state index contributed by atoms with van der Waals surface area (Å²) in [5.74, 6) is 0.742. The molecule has 0 atom stereocenters. The molecule has 1 aromatic rings. The Hall–Kier alpha value is -1.59. The molecule has 0 aliphatic heterocycles. The van der Waals surface area contributed by atoms with Crippen molar-refractivity contribution >= 4 is 11.5 Å². The lowest BCUT2D eigenvalue weighted by Gasteiger charge is -2.21. The first-order valence-corrected chi connectivity index (χ1v) is 5.64. The molecule has 0 radical (unpaired) electrons. The maximum absolute atomic E-state index is 10.6. The van der Waals surface area contributed by atoms with Crippen LogP contribution >= 0.6 is 0 Å². The minimum absolute atomic E-state index is 0.0872. The number of nitro groups is 1. The molecule has 1 aliphatic carbocycles. The molecule has 6 heteroatoms. The van der Waals surface area contributed by atoms with Gasteiger partial charge in [0.25, 0.3) is 0 Å². The van der Waals surface area contributed by atoms with Crippen LogP contribution in [0.1, 0.15) is 32.1 Å². The van der Waals surface area contributed by atoms with Crippen LogP contribution < -0.4 is 5.73 Å². The average molecular weight is 224 g/mol. The molecule has 0 aromatic carbocycles. The summed E-state index contributed by atoms with van der Waals surface area (Å²) in [6.45, 7) is 0.708. The Morgan fingerprint density at radius 3 is 2.75 bits per heavy atom. The van der Waals surface area contributed by atoms with Crippen LogP contribution in [0.2, 0.25) is 0 Å². The van der Waals surface area contributed by atoms with E-state index in [0.717, 1.165) is 0 Å². The summed E-state index contributed by atoms with van der Waals surface area (Å²) in [7, 11) is 0. The van der Waals surface area contributed by atoms with Gasteiger partial charge in [0.1, 0.15) is 6.20 Å². The van der Waals surface area contributed by atoms with Crippen LogP contribution in [0.3, 0.4) is 0 Å². The second kappa shape index (κ2) is 4.51. The highest BCUT2D eigenvalue weighted by atomic mass is 16.6. The number of aromatic nitrogens is 2. The van der Waals surface area contributed by atoms with E-state index in [1.807, 2.05) is 0 Å². The monoisotopic (exact) mass is 224 g/mol. The zero-order chi connectivity index (χ0) is 11.5. The number of rotatable bonds is 3. The standard InChI is InChI=1S/C10H16N4O2/c11-10-9(14(15)16)6-12-13(10)7-8-4-2-1-3-5-8/h6,8H,1-5,7,11H2. The third-order valence-electron chi connectivity index (χ3n) is 3.21. The molecule has 1 aromatic heterocycles. The molecule has 6 nitrogen and oxygen atoms in total. The second-order valence-electron chi connectivity index (χ2n) is 4.36. The summed E-state index contributed by atoms with van der Waals surface area (Å²) in [6.07, 6.45) is 7.37. The zero-order valence-electron chi connectivity index (χ0n) is 9.13. The summed E-state index contributed by atoms with van der Waals surface area (Å²) < 4.78 is 1.56. The second-order valence-corrected chi connectivity index (χ2v) is 4.36. The van der Waals surface area contributed by atoms with E-state index < -0.39 is 4.92 Å². The van der Waals surface area contributed by atoms with Gasteiger partial charge >= 0.3 is 5.69 Å². The van der Waals surface area contributed by atoms with Gasteiger partial charge in [0.05, 0.1) is 4.92 Å². The number of hydrogen-bond donors (Lipinski definition) is 1. The van der Waals surface area contributed by atoms with Gasteiger partial charge in [-0.1, -0.05) is 19.3 Å². The predicted octanol–water partition coefficient (Wildman–Crippen LogP) is 1.95. The highest BCUT2D eigenvalue weighted by Crippen LogP contribution is 2.27. The Balaban J connectivity index is 2.06. The minimum atomic E-state index is -0.486. The van der Waals surface area contributed by atoms with E-state index in [-0.39, 0.29) is 11.5 Å². The van der Waals surface area contributed by atoms with Crippen molar-refractivity contribution < 1.29 is 4.92 Å². The predicted molar refractivity (Wildman–Crippen MR) is 59.9 cm³/mol. The molecule has 1 heterocycles. The van der Waals surface area contributed by atoms with Crippen LogP contribution in [-0.2, 0) is 6.54 Å². The van der Waals surface area contributed by atoms with E-state index in [4.69, 9.17) is 5.73 Å². The van der Waals surface area contributed by atoms with Crippen molar-refractivity contribution in [1.82, 2.24) is 9.78 Å². The number of nitrogens with zero attached hydrogens (tertiary/aromatic N) is 3. The fourth-order valence-corrected chi connectivity index (χ4v) is 2.29. The molecule has 0 unspecified atom stereocenters. The van der Waals surface area contributed by atoms with Gasteiger partial charge in [0.2, 0.25) is 5.82 Å². The molecule has 2 N–H and O–H groups in total. The first-order valence-electron chi connectivity index (χ1n) is 5.64. The topological polar surface area (TPSA) is 87.0 Å². The molecule has 1 saturated carbocycles. The van der Waals surface area contributed by atoms with Gasteiger partial charge in [-0.3, -0.25) is 10.1 Å². The molecular formula is C10H16N4O2. The average Bonchev–Trinajstić information content (AvgIpc) is 2.62. The van der Waals surface area contributed by atoms with Crippen molar-refractivity contribution in [2.45, 2.75) is 38.6 Å². The molecular weight excluding hydrogens is 208 g/mol. The molecule has 2 rings (SSSR count). The van der Waals surface area contributed by atoms with Gasteiger partial charge in [0, 0.05) is 6.54 Å². The Labute approximate surface area is 93.6 Å². The molecule has 1 aliphatic rings. The van der Waals surface area contributed by atoms with Gasteiger partial charge in [0.15, 0.2) is 0 Å². The van der Waals surface area contributed by atoms with Crippen molar-refractivity contribution in [2.75, 3.05) is 5.73 Å². The molecule has 16 heavy (non-hydrogen) atoms. The van der Waals surface area contributed by atoms with Crippen LogP contribution in [0.4, 0.5) is 11.5 Å². The van der Waals surface area contributed by atoms with E-state index in [0.29, 0.717) is 12.5 Å². The molecule has 0 amide bonds. The van der Waals surface area contributed by atoms with E-state index in [1.165, 1.54) is 38.3 Å². The first-order chi connectivity index (χ1) is 7.68. The SMILES string of the molecule is Nc1c([N+](=O)[O-])cnn1CC1CCCCC1. The third kappa shape index (κ3) is 2.15. The lowest BCUT2D eigenvalue weighted by atomic mass is 9.89. The quantitative estimate of drug-likeness (QED) is 0.628. The van der Waals surface area contributed by atoms with Crippen LogP contribution in [0.5, 0.6) is 0 Å². The van der Waals surface area contributed by atoms with Crippen molar-refractivity contribution in [3.8, 4) is 0 Å². The van der Waals surface area contributed by atoms with Gasteiger partial charge in [-0.2, -0.15) is 5.10 Å². The summed E-state index contributed by atoms with van der Waals surface area (Å²) in [5, 5.41) is 14.6. The van der Waals surface area contributed by atoms with Crippen LogP contribution in [0, 0.1) is 16.0 Å². The maximum Gasteiger partial charge on any atom is 0.330 e. The fraction of sp³-hybridized carbons (Fsp3) is 0.700. The number of hydrogen-bond acceptors (Lipinski definition) is 4.